The first-order valence-corrected chi connectivity index (χ1v) is 12.4. The monoisotopic (exact) mass is 368 g/mol. The van der Waals surface area contributed by atoms with Gasteiger partial charge in [-0.15, -0.1) is 0 Å². The lowest BCUT2D eigenvalue weighted by Crippen LogP contribution is -2.55. The minimum absolute atomic E-state index is 0.185. The van der Waals surface area contributed by atoms with Crippen LogP contribution in [0.1, 0.15) is 60.3 Å². The number of hydrogen-bond acceptors (Lipinski definition) is 4. The maximum Gasteiger partial charge on any atom is 0.314 e. The third kappa shape index (κ3) is 3.35. The molecule has 2 aliphatic rings. The largest absolute Gasteiger partial charge is 0.455 e. The quantitative estimate of drug-likeness (QED) is 0.326. The molecule has 2 bridgehead atoms. The molecule has 0 aromatic carbocycles. The van der Waals surface area contributed by atoms with Crippen molar-refractivity contribution in [1.29, 1.82) is 0 Å². The van der Waals surface area contributed by atoms with Crippen molar-refractivity contribution >= 4 is 14.3 Å². The van der Waals surface area contributed by atoms with Gasteiger partial charge in [-0.25, -0.2) is 0 Å². The lowest BCUT2D eigenvalue weighted by atomic mass is 9.58. The highest BCUT2D eigenvalue weighted by Crippen LogP contribution is 2.59. The topological polar surface area (TPSA) is 55.8 Å². The van der Waals surface area contributed by atoms with Crippen LogP contribution in [-0.4, -0.2) is 37.7 Å². The number of carbonyl (C=O) groups excluding carboxylic acids is 1. The number of rotatable bonds is 6. The summed E-state index contributed by atoms with van der Waals surface area (Å²) in [6.07, 6.45) is 2.11. The first-order chi connectivity index (χ1) is 11.3. The summed E-state index contributed by atoms with van der Waals surface area (Å²) in [5, 5.41) is 11.1. The van der Waals surface area contributed by atoms with Gasteiger partial charge in [0.2, 0.25) is 0 Å². The van der Waals surface area contributed by atoms with Crippen LogP contribution in [0.3, 0.4) is 0 Å². The summed E-state index contributed by atoms with van der Waals surface area (Å²) in [5.74, 6) is -0.511. The fourth-order valence-corrected chi connectivity index (χ4v) is 5.26. The average molecular weight is 369 g/mol. The van der Waals surface area contributed by atoms with E-state index in [0.717, 1.165) is 18.4 Å². The fraction of sp³-hybridized carbons (Fsp3) is 0.850. The van der Waals surface area contributed by atoms with Crippen LogP contribution in [0, 0.1) is 11.3 Å². The van der Waals surface area contributed by atoms with Crippen LogP contribution < -0.4 is 0 Å². The van der Waals surface area contributed by atoms with Crippen LogP contribution >= 0.6 is 0 Å². The van der Waals surface area contributed by atoms with Crippen molar-refractivity contribution in [3.63, 3.8) is 0 Å². The Labute approximate surface area is 154 Å². The van der Waals surface area contributed by atoms with Crippen molar-refractivity contribution in [2.75, 3.05) is 6.61 Å². The van der Waals surface area contributed by atoms with E-state index in [1.807, 2.05) is 13.8 Å². The van der Waals surface area contributed by atoms with Gasteiger partial charge in [-0.3, -0.25) is 4.79 Å². The summed E-state index contributed by atoms with van der Waals surface area (Å²) in [6, 6.07) is 0. The minimum Gasteiger partial charge on any atom is -0.455 e. The molecular formula is C20H36O4Si. The Morgan fingerprint density at radius 2 is 2.00 bits per heavy atom. The van der Waals surface area contributed by atoms with Gasteiger partial charge in [-0.05, 0) is 43.8 Å². The molecule has 4 nitrogen and oxygen atoms in total. The van der Waals surface area contributed by atoms with Crippen LogP contribution in [0.5, 0.6) is 0 Å². The Hall–Kier alpha value is -0.653. The van der Waals surface area contributed by atoms with E-state index >= 15 is 0 Å². The van der Waals surface area contributed by atoms with E-state index in [0.29, 0.717) is 19.4 Å². The molecule has 0 amide bonds. The first kappa shape index (κ1) is 20.7. The summed E-state index contributed by atoms with van der Waals surface area (Å²) >= 11 is 0. The van der Waals surface area contributed by atoms with Gasteiger partial charge in [0.15, 0.2) is 8.32 Å². The Kier molecular flexibility index (Phi) is 5.37. The highest BCUT2D eigenvalue weighted by molar-refractivity contribution is 6.74. The zero-order valence-corrected chi connectivity index (χ0v) is 18.1. The van der Waals surface area contributed by atoms with Crippen molar-refractivity contribution < 1.29 is 19.1 Å². The molecule has 25 heavy (non-hydrogen) atoms. The second kappa shape index (κ2) is 6.50. The van der Waals surface area contributed by atoms with Gasteiger partial charge in [0.05, 0.1) is 12.0 Å². The highest BCUT2D eigenvalue weighted by Gasteiger charge is 2.66. The molecule has 0 unspecified atom stereocenters. The van der Waals surface area contributed by atoms with Crippen LogP contribution in [-0.2, 0) is 14.0 Å². The smallest absolute Gasteiger partial charge is 0.314 e. The summed E-state index contributed by atoms with van der Waals surface area (Å²) < 4.78 is 12.0. The molecule has 144 valence electrons. The maximum atomic E-state index is 12.3. The lowest BCUT2D eigenvalue weighted by Gasteiger charge is -2.47. The Balaban J connectivity index is 1.98. The van der Waals surface area contributed by atoms with E-state index in [9.17, 15) is 9.90 Å². The molecule has 0 aromatic heterocycles. The summed E-state index contributed by atoms with van der Waals surface area (Å²) in [5.41, 5.74) is -0.261. The van der Waals surface area contributed by atoms with Crippen LogP contribution in [0.4, 0.5) is 0 Å². The van der Waals surface area contributed by atoms with Crippen LogP contribution in [0.2, 0.25) is 18.1 Å². The predicted molar refractivity (Wildman–Crippen MR) is 103 cm³/mol. The van der Waals surface area contributed by atoms with Crippen molar-refractivity contribution in [2.24, 2.45) is 11.3 Å². The van der Waals surface area contributed by atoms with E-state index in [-0.39, 0.29) is 16.9 Å². The first-order valence-electron chi connectivity index (χ1n) is 9.49. The van der Waals surface area contributed by atoms with E-state index in [4.69, 9.17) is 9.16 Å². The Morgan fingerprint density at radius 1 is 1.40 bits per heavy atom. The van der Waals surface area contributed by atoms with Gasteiger partial charge >= 0.3 is 5.97 Å². The SMILES string of the molecule is C=C1CC[C@]2([C@@H](O)CCCO[Si](C)(C)C(C)(C)C)OC(=O)[C@H]1C2(C)C. The number of esters is 1. The van der Waals surface area contributed by atoms with E-state index in [1.165, 1.54) is 0 Å². The third-order valence-corrected chi connectivity index (χ3v) is 11.5. The molecular weight excluding hydrogens is 332 g/mol. The third-order valence-electron chi connectivity index (χ3n) is 6.99. The molecule has 1 N–H and O–H groups in total. The molecule has 0 radical (unpaired) electrons. The molecule has 0 aromatic rings. The van der Waals surface area contributed by atoms with Crippen molar-refractivity contribution in [1.82, 2.24) is 0 Å². The molecule has 0 spiro atoms. The molecule has 1 heterocycles. The van der Waals surface area contributed by atoms with Gasteiger partial charge in [-0.1, -0.05) is 46.8 Å². The zero-order valence-electron chi connectivity index (χ0n) is 17.1. The normalized spacial score (nSPS) is 30.3. The number of fused-ring (bicyclic) bond motifs is 2. The number of carbonyl (C=O) groups is 1. The molecule has 3 atom stereocenters. The number of ether oxygens (including phenoxy) is 1. The van der Waals surface area contributed by atoms with Gasteiger partial charge < -0.3 is 14.3 Å². The van der Waals surface area contributed by atoms with Crippen molar-refractivity contribution in [3.8, 4) is 0 Å². The fourth-order valence-electron chi connectivity index (χ4n) is 4.17. The van der Waals surface area contributed by atoms with Crippen LogP contribution in [0.15, 0.2) is 12.2 Å². The molecule has 1 aliphatic heterocycles. The van der Waals surface area contributed by atoms with Crippen LogP contribution in [0.25, 0.3) is 0 Å². The van der Waals surface area contributed by atoms with E-state index < -0.39 is 25.4 Å². The number of aliphatic hydroxyl groups is 1. The van der Waals surface area contributed by atoms with Gasteiger partial charge in [0.25, 0.3) is 0 Å². The van der Waals surface area contributed by atoms with Crippen molar-refractivity contribution in [2.45, 2.75) is 90.1 Å². The number of aliphatic hydroxyl groups excluding tert-OH is 1. The molecule has 1 saturated heterocycles. The average Bonchev–Trinajstić information content (AvgIpc) is 2.56. The lowest BCUT2D eigenvalue weighted by molar-refractivity contribution is -0.171. The Morgan fingerprint density at radius 3 is 2.56 bits per heavy atom. The van der Waals surface area contributed by atoms with Gasteiger partial charge in [-0.2, -0.15) is 0 Å². The standard InChI is InChI=1S/C20H36O4Si/c1-14-11-12-20(19(5,6)16(14)17(22)24-20)15(21)10-9-13-23-25(7,8)18(2,3)4/h15-16,21H,1,9-13H2,2-8H3/t15-,16-,20+/m0/s1. The van der Waals surface area contributed by atoms with Crippen molar-refractivity contribution in [3.05, 3.63) is 12.2 Å². The Bertz CT molecular complexity index is 546. The zero-order chi connectivity index (χ0) is 19.3. The van der Waals surface area contributed by atoms with E-state index in [2.05, 4.69) is 40.4 Å². The second-order valence-corrected chi connectivity index (χ2v) is 14.7. The van der Waals surface area contributed by atoms with E-state index in [1.54, 1.807) is 0 Å². The highest BCUT2D eigenvalue weighted by atomic mass is 28.4. The molecule has 2 rings (SSSR count). The molecule has 1 saturated carbocycles. The number of hydrogen-bond donors (Lipinski definition) is 1. The summed E-state index contributed by atoms with van der Waals surface area (Å²) in [7, 11) is -1.76. The van der Waals surface area contributed by atoms with Gasteiger partial charge in [0.1, 0.15) is 5.60 Å². The minimum atomic E-state index is -1.76. The van der Waals surface area contributed by atoms with Gasteiger partial charge in [0, 0.05) is 12.0 Å². The molecule has 5 heteroatoms. The molecule has 2 fully saturated rings. The molecule has 1 aliphatic carbocycles. The summed E-state index contributed by atoms with van der Waals surface area (Å²) in [4.78, 5) is 12.3. The predicted octanol–water partition coefficient (Wildman–Crippen LogP) is 4.44. The maximum absolute atomic E-state index is 12.3. The second-order valence-electron chi connectivity index (χ2n) is 9.89. The summed E-state index contributed by atoms with van der Waals surface area (Å²) in [6.45, 7) is 19.9.